The predicted molar refractivity (Wildman–Crippen MR) is 126 cm³/mol. The van der Waals surface area contributed by atoms with Gasteiger partial charge in [0.25, 0.3) is 0 Å². The first-order valence-corrected chi connectivity index (χ1v) is 11.9. The summed E-state index contributed by atoms with van der Waals surface area (Å²) >= 11 is 0. The van der Waals surface area contributed by atoms with Crippen molar-refractivity contribution in [1.82, 2.24) is 20.4 Å². The molecular weight excluding hydrogens is 424 g/mol. The number of benzene rings is 1. The lowest BCUT2D eigenvalue weighted by Gasteiger charge is -2.34. The summed E-state index contributed by atoms with van der Waals surface area (Å²) in [7, 11) is 1.61. The Bertz CT molecular complexity index is 780. The Kier molecular flexibility index (Phi) is 9.77. The van der Waals surface area contributed by atoms with Crippen molar-refractivity contribution in [3.63, 3.8) is 0 Å². The Labute approximate surface area is 196 Å². The predicted octanol–water partition coefficient (Wildman–Crippen LogP) is 1.04. The van der Waals surface area contributed by atoms with E-state index in [9.17, 15) is 9.59 Å². The van der Waals surface area contributed by atoms with Gasteiger partial charge in [-0.05, 0) is 23.6 Å². The van der Waals surface area contributed by atoms with E-state index in [1.165, 1.54) is 0 Å². The average molecular weight is 463 g/mol. The monoisotopic (exact) mass is 462 g/mol. The highest BCUT2D eigenvalue weighted by Gasteiger charge is 2.24. The smallest absolute Gasteiger partial charge is 0.234 e. The number of ether oxygens (including phenoxy) is 3. The summed E-state index contributed by atoms with van der Waals surface area (Å²) in [4.78, 5) is 29.1. The maximum absolute atomic E-state index is 12.9. The SMILES string of the molecule is COCCNC(=O)CN1CCN(CC(=O)NC(c2ccc3c(c2)OCCCO3)C(C)C)CC1. The molecular formula is C24H38N4O5. The molecule has 33 heavy (non-hydrogen) atoms. The summed E-state index contributed by atoms with van der Waals surface area (Å²) in [6, 6.07) is 5.82. The van der Waals surface area contributed by atoms with Gasteiger partial charge in [-0.15, -0.1) is 0 Å². The zero-order valence-electron chi connectivity index (χ0n) is 20.1. The molecule has 2 N–H and O–H groups in total. The van der Waals surface area contributed by atoms with Crippen LogP contribution in [0.1, 0.15) is 31.9 Å². The second-order valence-electron chi connectivity index (χ2n) is 8.94. The molecule has 9 nitrogen and oxygen atoms in total. The molecule has 0 saturated carbocycles. The van der Waals surface area contributed by atoms with Crippen molar-refractivity contribution in [2.75, 3.05) is 72.7 Å². The topological polar surface area (TPSA) is 92.4 Å². The van der Waals surface area contributed by atoms with Gasteiger partial charge in [-0.25, -0.2) is 0 Å². The second kappa shape index (κ2) is 12.8. The van der Waals surface area contributed by atoms with Crippen LogP contribution >= 0.6 is 0 Å². The Balaban J connectivity index is 1.47. The van der Waals surface area contributed by atoms with Gasteiger partial charge in [0.15, 0.2) is 11.5 Å². The van der Waals surface area contributed by atoms with Crippen molar-refractivity contribution in [2.45, 2.75) is 26.3 Å². The number of carbonyl (C=O) groups is 2. The Hall–Kier alpha value is -2.36. The maximum atomic E-state index is 12.9. The number of methoxy groups -OCH3 is 1. The van der Waals surface area contributed by atoms with Gasteiger partial charge in [0.2, 0.25) is 11.8 Å². The van der Waals surface area contributed by atoms with Crippen LogP contribution in [0, 0.1) is 5.92 Å². The van der Waals surface area contributed by atoms with Crippen LogP contribution in [0.25, 0.3) is 0 Å². The highest BCUT2D eigenvalue weighted by Crippen LogP contribution is 2.34. The number of hydrogen-bond donors (Lipinski definition) is 2. The lowest BCUT2D eigenvalue weighted by molar-refractivity contribution is -0.125. The first-order chi connectivity index (χ1) is 16.0. The van der Waals surface area contributed by atoms with E-state index in [0.717, 1.165) is 49.7 Å². The number of piperazine rings is 1. The highest BCUT2D eigenvalue weighted by molar-refractivity contribution is 5.79. The minimum atomic E-state index is -0.105. The highest BCUT2D eigenvalue weighted by atomic mass is 16.5. The van der Waals surface area contributed by atoms with Crippen molar-refractivity contribution in [2.24, 2.45) is 5.92 Å². The third kappa shape index (κ3) is 7.87. The number of nitrogens with zero attached hydrogens (tertiary/aromatic N) is 2. The fraction of sp³-hybridized carbons (Fsp3) is 0.667. The molecule has 3 rings (SSSR count). The standard InChI is InChI=1S/C24H38N4O5/c1-18(2)24(19-5-6-20-21(15-19)33-13-4-12-32-20)26-23(30)17-28-10-8-27(9-11-28)16-22(29)25-7-14-31-3/h5-6,15,18,24H,4,7-14,16-17H2,1-3H3,(H,25,29)(H,26,30). The Morgan fingerprint density at radius 3 is 2.27 bits per heavy atom. The summed E-state index contributed by atoms with van der Waals surface area (Å²) in [6.07, 6.45) is 0.861. The first-order valence-electron chi connectivity index (χ1n) is 11.9. The number of nitrogens with one attached hydrogen (secondary N) is 2. The molecule has 2 aliphatic rings. The fourth-order valence-corrected chi connectivity index (χ4v) is 4.09. The summed E-state index contributed by atoms with van der Waals surface area (Å²) < 4.78 is 16.5. The van der Waals surface area contributed by atoms with Gasteiger partial charge >= 0.3 is 0 Å². The van der Waals surface area contributed by atoms with Gasteiger partial charge in [0.05, 0.1) is 39.0 Å². The Morgan fingerprint density at radius 1 is 1.00 bits per heavy atom. The van der Waals surface area contributed by atoms with Crippen LogP contribution in [0.5, 0.6) is 11.5 Å². The van der Waals surface area contributed by atoms with Crippen LogP contribution in [-0.4, -0.2) is 94.4 Å². The van der Waals surface area contributed by atoms with Gasteiger partial charge in [0.1, 0.15) is 0 Å². The van der Waals surface area contributed by atoms with Gasteiger partial charge in [-0.1, -0.05) is 19.9 Å². The van der Waals surface area contributed by atoms with Gasteiger partial charge in [-0.3, -0.25) is 19.4 Å². The molecule has 1 fully saturated rings. The van der Waals surface area contributed by atoms with Crippen LogP contribution in [0.3, 0.4) is 0 Å². The van der Waals surface area contributed by atoms with Crippen molar-refractivity contribution in [3.8, 4) is 11.5 Å². The van der Waals surface area contributed by atoms with Crippen LogP contribution in [0.4, 0.5) is 0 Å². The molecule has 1 atom stereocenters. The molecule has 184 valence electrons. The van der Waals surface area contributed by atoms with Gasteiger partial charge in [-0.2, -0.15) is 0 Å². The van der Waals surface area contributed by atoms with E-state index in [1.54, 1.807) is 7.11 Å². The third-order valence-electron chi connectivity index (χ3n) is 5.94. The van der Waals surface area contributed by atoms with E-state index in [-0.39, 0.29) is 23.8 Å². The minimum absolute atomic E-state index is 0.00608. The zero-order valence-corrected chi connectivity index (χ0v) is 20.1. The van der Waals surface area contributed by atoms with Crippen LogP contribution < -0.4 is 20.1 Å². The summed E-state index contributed by atoms with van der Waals surface area (Å²) in [5, 5.41) is 6.05. The van der Waals surface area contributed by atoms with Crippen LogP contribution in [0.2, 0.25) is 0 Å². The molecule has 1 saturated heterocycles. The van der Waals surface area contributed by atoms with Crippen LogP contribution in [0.15, 0.2) is 18.2 Å². The van der Waals surface area contributed by atoms with E-state index >= 15 is 0 Å². The number of fused-ring (bicyclic) bond motifs is 1. The first kappa shape index (κ1) is 25.3. The quantitative estimate of drug-likeness (QED) is 0.502. The number of rotatable bonds is 10. The molecule has 2 heterocycles. The number of amides is 2. The molecule has 0 radical (unpaired) electrons. The number of hydrogen-bond acceptors (Lipinski definition) is 7. The lowest BCUT2D eigenvalue weighted by atomic mass is 9.95. The zero-order chi connectivity index (χ0) is 23.6. The fourth-order valence-electron chi connectivity index (χ4n) is 4.09. The van der Waals surface area contributed by atoms with E-state index in [2.05, 4.69) is 34.3 Å². The van der Waals surface area contributed by atoms with Crippen molar-refractivity contribution < 1.29 is 23.8 Å². The van der Waals surface area contributed by atoms with E-state index < -0.39 is 0 Å². The summed E-state index contributed by atoms with van der Waals surface area (Å²) in [5.41, 5.74) is 1.02. The van der Waals surface area contributed by atoms with Gasteiger partial charge in [0, 0.05) is 46.3 Å². The molecule has 0 bridgehead atoms. The molecule has 2 amide bonds. The Morgan fingerprint density at radius 2 is 1.64 bits per heavy atom. The summed E-state index contributed by atoms with van der Waals surface area (Å²) in [5.74, 6) is 1.74. The largest absolute Gasteiger partial charge is 0.490 e. The molecule has 9 heteroatoms. The van der Waals surface area contributed by atoms with E-state index in [0.29, 0.717) is 39.5 Å². The maximum Gasteiger partial charge on any atom is 0.234 e. The van der Waals surface area contributed by atoms with E-state index in [1.807, 2.05) is 18.2 Å². The van der Waals surface area contributed by atoms with Crippen LogP contribution in [-0.2, 0) is 14.3 Å². The van der Waals surface area contributed by atoms with Crippen molar-refractivity contribution >= 4 is 11.8 Å². The molecule has 1 unspecified atom stereocenters. The lowest BCUT2D eigenvalue weighted by Crippen LogP contribution is -2.52. The third-order valence-corrected chi connectivity index (χ3v) is 5.94. The minimum Gasteiger partial charge on any atom is -0.490 e. The van der Waals surface area contributed by atoms with E-state index in [4.69, 9.17) is 14.2 Å². The normalized spacial score (nSPS) is 17.9. The second-order valence-corrected chi connectivity index (χ2v) is 8.94. The molecule has 0 aromatic heterocycles. The summed E-state index contributed by atoms with van der Waals surface area (Å²) in [6.45, 7) is 10.3. The molecule has 1 aromatic rings. The number of carbonyl (C=O) groups excluding carboxylic acids is 2. The van der Waals surface area contributed by atoms with Crippen molar-refractivity contribution in [3.05, 3.63) is 23.8 Å². The average Bonchev–Trinajstić information content (AvgIpc) is 3.04. The molecule has 0 spiro atoms. The molecule has 1 aromatic carbocycles. The molecule has 2 aliphatic heterocycles. The van der Waals surface area contributed by atoms with Crippen molar-refractivity contribution in [1.29, 1.82) is 0 Å². The van der Waals surface area contributed by atoms with Gasteiger partial charge < -0.3 is 24.8 Å². The molecule has 0 aliphatic carbocycles.